The van der Waals surface area contributed by atoms with Gasteiger partial charge in [-0.1, -0.05) is 0 Å². The van der Waals surface area contributed by atoms with Crippen molar-refractivity contribution in [2.75, 3.05) is 7.11 Å². The van der Waals surface area contributed by atoms with Crippen molar-refractivity contribution in [2.45, 2.75) is 6.92 Å². The molecule has 0 aliphatic carbocycles. The summed E-state index contributed by atoms with van der Waals surface area (Å²) in [5, 5.41) is 18.1. The van der Waals surface area contributed by atoms with E-state index in [1.165, 1.54) is 18.4 Å². The number of nitrogens with zero attached hydrogens (tertiary/aromatic N) is 1. The molecular weight excluding hydrogens is 262 g/mol. The number of carboxylic acid groups (broad SMARTS) is 1. The standard InChI is InChI=1S/C14H11NO3S/c1-8-5-12(19-13(8)14(16)17)9-3-4-11(18-2)10(6-9)7-15/h3-6H,1-2H3,(H,16,17). The summed E-state index contributed by atoms with van der Waals surface area (Å²) in [6, 6.07) is 9.11. The van der Waals surface area contributed by atoms with E-state index in [9.17, 15) is 4.79 Å². The fourth-order valence-electron chi connectivity index (χ4n) is 1.79. The van der Waals surface area contributed by atoms with E-state index in [1.54, 1.807) is 19.1 Å². The van der Waals surface area contributed by atoms with Crippen LogP contribution in [0.25, 0.3) is 10.4 Å². The van der Waals surface area contributed by atoms with Gasteiger partial charge in [0.15, 0.2) is 0 Å². The molecule has 0 fully saturated rings. The monoisotopic (exact) mass is 273 g/mol. The van der Waals surface area contributed by atoms with Crippen molar-refractivity contribution in [2.24, 2.45) is 0 Å². The van der Waals surface area contributed by atoms with Crippen LogP contribution < -0.4 is 4.74 Å². The number of carbonyl (C=O) groups is 1. The van der Waals surface area contributed by atoms with Crippen LogP contribution in [0.15, 0.2) is 24.3 Å². The Balaban J connectivity index is 2.51. The number of nitriles is 1. The number of aromatic carboxylic acids is 1. The zero-order valence-electron chi connectivity index (χ0n) is 10.4. The lowest BCUT2D eigenvalue weighted by molar-refractivity contribution is 0.0701. The predicted molar refractivity (Wildman–Crippen MR) is 72.7 cm³/mol. The average molecular weight is 273 g/mol. The van der Waals surface area contributed by atoms with Gasteiger partial charge in [0.1, 0.15) is 16.7 Å². The van der Waals surface area contributed by atoms with Crippen molar-refractivity contribution >= 4 is 17.3 Å². The van der Waals surface area contributed by atoms with Gasteiger partial charge in [0.05, 0.1) is 12.7 Å². The predicted octanol–water partition coefficient (Wildman–Crippen LogP) is 3.30. The van der Waals surface area contributed by atoms with Crippen LogP contribution in [0.2, 0.25) is 0 Å². The number of hydrogen-bond donors (Lipinski definition) is 1. The third-order valence-corrected chi connectivity index (χ3v) is 3.99. The Morgan fingerprint density at radius 2 is 2.16 bits per heavy atom. The normalized spacial score (nSPS) is 9.95. The fourth-order valence-corrected chi connectivity index (χ4v) is 2.79. The van der Waals surface area contributed by atoms with Gasteiger partial charge in [-0.25, -0.2) is 4.79 Å². The van der Waals surface area contributed by atoms with Gasteiger partial charge in [-0.2, -0.15) is 5.26 Å². The van der Waals surface area contributed by atoms with Crippen LogP contribution in [0.5, 0.6) is 5.75 Å². The Kier molecular flexibility index (Phi) is 3.54. The zero-order chi connectivity index (χ0) is 14.0. The molecule has 1 heterocycles. The lowest BCUT2D eigenvalue weighted by Crippen LogP contribution is -1.93. The Morgan fingerprint density at radius 1 is 1.42 bits per heavy atom. The fraction of sp³-hybridized carbons (Fsp3) is 0.143. The summed E-state index contributed by atoms with van der Waals surface area (Å²) in [6.07, 6.45) is 0. The van der Waals surface area contributed by atoms with Crippen LogP contribution in [0, 0.1) is 18.3 Å². The van der Waals surface area contributed by atoms with Crippen molar-refractivity contribution in [1.29, 1.82) is 5.26 Å². The Hall–Kier alpha value is -2.32. The van der Waals surface area contributed by atoms with Crippen molar-refractivity contribution in [3.63, 3.8) is 0 Å². The second-order valence-electron chi connectivity index (χ2n) is 3.95. The maximum absolute atomic E-state index is 11.0. The highest BCUT2D eigenvalue weighted by Crippen LogP contribution is 2.33. The molecule has 0 amide bonds. The van der Waals surface area contributed by atoms with E-state index in [-0.39, 0.29) is 0 Å². The van der Waals surface area contributed by atoms with Gasteiger partial charge in [0.25, 0.3) is 0 Å². The Bertz CT molecular complexity index is 682. The molecule has 0 saturated carbocycles. The SMILES string of the molecule is COc1ccc(-c2cc(C)c(C(=O)O)s2)cc1C#N. The van der Waals surface area contributed by atoms with Crippen molar-refractivity contribution in [3.8, 4) is 22.3 Å². The Morgan fingerprint density at radius 3 is 2.68 bits per heavy atom. The van der Waals surface area contributed by atoms with Gasteiger partial charge in [-0.15, -0.1) is 11.3 Å². The van der Waals surface area contributed by atoms with Crippen molar-refractivity contribution in [3.05, 3.63) is 40.3 Å². The molecule has 5 heteroatoms. The van der Waals surface area contributed by atoms with E-state index in [4.69, 9.17) is 15.1 Å². The molecule has 1 aromatic carbocycles. The first-order chi connectivity index (χ1) is 9.06. The van der Waals surface area contributed by atoms with E-state index in [0.29, 0.717) is 16.2 Å². The summed E-state index contributed by atoms with van der Waals surface area (Å²) in [7, 11) is 1.51. The largest absolute Gasteiger partial charge is 0.495 e. The van der Waals surface area contributed by atoms with Gasteiger partial charge in [0, 0.05) is 4.88 Å². The highest BCUT2D eigenvalue weighted by atomic mass is 32.1. The minimum atomic E-state index is -0.928. The number of benzene rings is 1. The molecule has 4 nitrogen and oxygen atoms in total. The highest BCUT2D eigenvalue weighted by Gasteiger charge is 2.14. The van der Waals surface area contributed by atoms with Crippen LogP contribution in [0.3, 0.4) is 0 Å². The third-order valence-electron chi connectivity index (χ3n) is 2.72. The van der Waals surface area contributed by atoms with E-state index in [1.807, 2.05) is 12.1 Å². The quantitative estimate of drug-likeness (QED) is 0.931. The van der Waals surface area contributed by atoms with Gasteiger partial charge in [-0.05, 0) is 42.3 Å². The first-order valence-corrected chi connectivity index (χ1v) is 6.30. The molecule has 19 heavy (non-hydrogen) atoms. The molecule has 0 aliphatic rings. The molecule has 0 spiro atoms. The third kappa shape index (κ3) is 2.44. The molecule has 0 atom stereocenters. The summed E-state index contributed by atoms with van der Waals surface area (Å²) in [4.78, 5) is 12.2. The van der Waals surface area contributed by atoms with Gasteiger partial charge in [-0.3, -0.25) is 0 Å². The van der Waals surface area contributed by atoms with E-state index in [2.05, 4.69) is 6.07 Å². The first kappa shape index (κ1) is 13.1. The van der Waals surface area contributed by atoms with E-state index >= 15 is 0 Å². The van der Waals surface area contributed by atoms with Crippen LogP contribution in [-0.4, -0.2) is 18.2 Å². The maximum Gasteiger partial charge on any atom is 0.346 e. The smallest absolute Gasteiger partial charge is 0.346 e. The van der Waals surface area contributed by atoms with E-state index in [0.717, 1.165) is 16.0 Å². The van der Waals surface area contributed by atoms with Gasteiger partial charge in [0.2, 0.25) is 0 Å². The summed E-state index contributed by atoms with van der Waals surface area (Å²) in [5.41, 5.74) is 1.97. The van der Waals surface area contributed by atoms with Crippen LogP contribution in [0.4, 0.5) is 0 Å². The van der Waals surface area contributed by atoms with Gasteiger partial charge >= 0.3 is 5.97 Å². The van der Waals surface area contributed by atoms with E-state index < -0.39 is 5.97 Å². The second kappa shape index (κ2) is 5.12. The number of aryl methyl sites for hydroxylation is 1. The molecule has 2 rings (SSSR count). The molecule has 0 unspecified atom stereocenters. The topological polar surface area (TPSA) is 70.3 Å². The van der Waals surface area contributed by atoms with Crippen molar-refractivity contribution in [1.82, 2.24) is 0 Å². The highest BCUT2D eigenvalue weighted by molar-refractivity contribution is 7.17. The number of thiophene rings is 1. The molecule has 1 N–H and O–H groups in total. The maximum atomic E-state index is 11.0. The summed E-state index contributed by atoms with van der Waals surface area (Å²) < 4.78 is 5.08. The number of ether oxygens (including phenoxy) is 1. The molecule has 0 saturated heterocycles. The molecule has 1 aromatic heterocycles. The zero-order valence-corrected chi connectivity index (χ0v) is 11.2. The van der Waals surface area contributed by atoms with Crippen LogP contribution >= 0.6 is 11.3 Å². The average Bonchev–Trinajstić information content (AvgIpc) is 2.80. The number of methoxy groups -OCH3 is 1. The van der Waals surface area contributed by atoms with Gasteiger partial charge < -0.3 is 9.84 Å². The minimum Gasteiger partial charge on any atom is -0.495 e. The molecule has 96 valence electrons. The minimum absolute atomic E-state index is 0.323. The molecule has 2 aromatic rings. The van der Waals surface area contributed by atoms with Crippen LogP contribution in [-0.2, 0) is 0 Å². The summed E-state index contributed by atoms with van der Waals surface area (Å²) >= 11 is 1.20. The lowest BCUT2D eigenvalue weighted by atomic mass is 10.1. The second-order valence-corrected chi connectivity index (χ2v) is 5.01. The van der Waals surface area contributed by atoms with Crippen LogP contribution in [0.1, 0.15) is 20.8 Å². The molecular formula is C14H11NO3S. The number of rotatable bonds is 3. The lowest BCUT2D eigenvalue weighted by Gasteiger charge is -2.04. The first-order valence-electron chi connectivity index (χ1n) is 5.49. The number of hydrogen-bond acceptors (Lipinski definition) is 4. The molecule has 0 aliphatic heterocycles. The van der Waals surface area contributed by atoms with Crippen molar-refractivity contribution < 1.29 is 14.6 Å². The summed E-state index contributed by atoms with van der Waals surface area (Å²) in [5.74, 6) is -0.416. The molecule has 0 radical (unpaired) electrons. The molecule has 0 bridgehead atoms. The Labute approximate surface area is 114 Å². The summed E-state index contributed by atoms with van der Waals surface area (Å²) in [6.45, 7) is 1.76. The number of carboxylic acids is 1.